The van der Waals surface area contributed by atoms with E-state index in [0.29, 0.717) is 38.2 Å². The van der Waals surface area contributed by atoms with Gasteiger partial charge in [-0.05, 0) is 30.4 Å². The minimum Gasteiger partial charge on any atom is -0.478 e. The molecule has 3 atom stereocenters. The van der Waals surface area contributed by atoms with E-state index < -0.39 is 29.5 Å². The standard InChI is InChI=1S/C21H28F3N3O2.C4H4O4.CH4/c1-12(2)5-20(28)26-10-13-3-4-27(19(13)11-26)21(29)8-15(25)6-14-7-17(23)18(24)9-16(14)22;5-3-8-2-1-4(6)7;/h7,9,12-13,15,19H,3-6,8,10-11,25H2,1-2H3;1-3H,(H,6,7);1H4/b;2-1+;/t13-,15+,19+;;/m0../s1. The molecule has 0 unspecified atom stereocenters. The summed E-state index contributed by atoms with van der Waals surface area (Å²) in [7, 11) is 0. The highest BCUT2D eigenvalue weighted by Crippen LogP contribution is 2.32. The Kier molecular flexibility index (Phi) is 13.0. The fourth-order valence-corrected chi connectivity index (χ4v) is 4.50. The molecule has 2 amide bonds. The fourth-order valence-electron chi connectivity index (χ4n) is 4.50. The summed E-state index contributed by atoms with van der Waals surface area (Å²) in [5.41, 5.74) is 5.96. The van der Waals surface area contributed by atoms with Gasteiger partial charge in [-0.1, -0.05) is 21.3 Å². The summed E-state index contributed by atoms with van der Waals surface area (Å²) in [5.74, 6) is -3.88. The largest absolute Gasteiger partial charge is 0.478 e. The highest BCUT2D eigenvalue weighted by atomic mass is 19.2. The maximum absolute atomic E-state index is 13.8. The fraction of sp³-hybridized carbons (Fsp3) is 0.538. The molecule has 9 nitrogen and oxygen atoms in total. The number of halogens is 3. The molecule has 2 aliphatic heterocycles. The van der Waals surface area contributed by atoms with Crippen LogP contribution < -0.4 is 5.73 Å². The highest BCUT2D eigenvalue weighted by Gasteiger charge is 2.44. The number of carbonyl (C=O) groups is 4. The number of nitrogens with two attached hydrogens (primary N) is 1. The number of nitrogens with zero attached hydrogens (tertiary/aromatic N) is 2. The Bertz CT molecular complexity index is 1020. The molecule has 0 aromatic heterocycles. The number of carbonyl (C=O) groups excluding carboxylic acids is 3. The van der Waals surface area contributed by atoms with Gasteiger partial charge < -0.3 is 25.4 Å². The van der Waals surface area contributed by atoms with Crippen molar-refractivity contribution in [3.63, 3.8) is 0 Å². The summed E-state index contributed by atoms with van der Waals surface area (Å²) in [6, 6.07) is 0.563. The van der Waals surface area contributed by atoms with E-state index in [4.69, 9.17) is 10.8 Å². The third kappa shape index (κ3) is 9.47. The van der Waals surface area contributed by atoms with E-state index in [0.717, 1.165) is 18.7 Å². The zero-order valence-corrected chi connectivity index (χ0v) is 20.7. The Morgan fingerprint density at radius 3 is 2.37 bits per heavy atom. The van der Waals surface area contributed by atoms with Gasteiger partial charge in [-0.3, -0.25) is 14.4 Å². The molecule has 0 aliphatic carbocycles. The monoisotopic (exact) mass is 543 g/mol. The number of aliphatic carboxylic acids is 1. The lowest BCUT2D eigenvalue weighted by Gasteiger charge is -2.26. The number of benzene rings is 1. The van der Waals surface area contributed by atoms with E-state index in [-0.39, 0.29) is 62.0 Å². The number of hydrogen-bond acceptors (Lipinski definition) is 6. The Morgan fingerprint density at radius 1 is 1.11 bits per heavy atom. The molecule has 0 bridgehead atoms. The van der Waals surface area contributed by atoms with Crippen LogP contribution in [0.1, 0.15) is 46.1 Å². The van der Waals surface area contributed by atoms with Crippen LogP contribution in [0.2, 0.25) is 0 Å². The summed E-state index contributed by atoms with van der Waals surface area (Å²) in [6.07, 6.45) is 2.77. The number of fused-ring (bicyclic) bond motifs is 1. The Hall–Kier alpha value is -3.41. The van der Waals surface area contributed by atoms with E-state index in [9.17, 15) is 32.3 Å². The van der Waals surface area contributed by atoms with Crippen molar-refractivity contribution < 1.29 is 42.2 Å². The van der Waals surface area contributed by atoms with Gasteiger partial charge in [0.15, 0.2) is 11.6 Å². The summed E-state index contributed by atoms with van der Waals surface area (Å²) < 4.78 is 44.1. The minimum absolute atomic E-state index is 0. The summed E-state index contributed by atoms with van der Waals surface area (Å²) in [5, 5.41) is 7.86. The van der Waals surface area contributed by atoms with E-state index in [1.807, 2.05) is 18.7 Å². The van der Waals surface area contributed by atoms with Crippen molar-refractivity contribution in [1.82, 2.24) is 9.80 Å². The van der Waals surface area contributed by atoms with Gasteiger partial charge in [0.05, 0.1) is 12.1 Å². The van der Waals surface area contributed by atoms with Crippen LogP contribution in [0.3, 0.4) is 0 Å². The predicted octanol–water partition coefficient (Wildman–Crippen LogP) is 2.86. The van der Waals surface area contributed by atoms with Crippen molar-refractivity contribution in [2.75, 3.05) is 19.6 Å². The lowest BCUT2D eigenvalue weighted by molar-refractivity contribution is -0.135. The van der Waals surface area contributed by atoms with Crippen LogP contribution >= 0.6 is 0 Å². The highest BCUT2D eigenvalue weighted by molar-refractivity contribution is 5.80. The van der Waals surface area contributed by atoms with Crippen molar-refractivity contribution in [3.8, 4) is 0 Å². The molecule has 1 aromatic carbocycles. The minimum atomic E-state index is -1.25. The van der Waals surface area contributed by atoms with Crippen LogP contribution in [-0.4, -0.2) is 70.9 Å². The Labute approximate surface area is 220 Å². The zero-order chi connectivity index (χ0) is 27.7. The first-order valence-corrected chi connectivity index (χ1v) is 11.9. The van der Waals surface area contributed by atoms with Gasteiger partial charge in [0.2, 0.25) is 11.8 Å². The number of carboxylic acids is 1. The molecule has 2 heterocycles. The Morgan fingerprint density at radius 2 is 1.76 bits per heavy atom. The van der Waals surface area contributed by atoms with Gasteiger partial charge in [-0.15, -0.1) is 0 Å². The van der Waals surface area contributed by atoms with Gasteiger partial charge in [-0.25, -0.2) is 18.0 Å². The van der Waals surface area contributed by atoms with Crippen LogP contribution in [0.15, 0.2) is 24.5 Å². The van der Waals surface area contributed by atoms with Crippen molar-refractivity contribution >= 4 is 24.3 Å². The van der Waals surface area contributed by atoms with Crippen LogP contribution in [0, 0.1) is 29.3 Å². The normalized spacial score (nSPS) is 18.9. The molecule has 12 heteroatoms. The molecule has 2 saturated heterocycles. The lowest BCUT2D eigenvalue weighted by Crippen LogP contribution is -2.43. The van der Waals surface area contributed by atoms with Crippen molar-refractivity contribution in [2.24, 2.45) is 17.6 Å². The van der Waals surface area contributed by atoms with Gasteiger partial charge in [0.1, 0.15) is 12.1 Å². The second-order valence-electron chi connectivity index (χ2n) is 9.50. The van der Waals surface area contributed by atoms with E-state index in [2.05, 4.69) is 4.74 Å². The van der Waals surface area contributed by atoms with Crippen LogP contribution in [0.4, 0.5) is 13.2 Å². The number of rotatable bonds is 9. The maximum atomic E-state index is 13.8. The third-order valence-corrected chi connectivity index (χ3v) is 6.16. The molecule has 2 fully saturated rings. The van der Waals surface area contributed by atoms with Crippen LogP contribution in [-0.2, 0) is 30.3 Å². The smallest absolute Gasteiger partial charge is 0.331 e. The Balaban J connectivity index is 0.000000699. The zero-order valence-electron chi connectivity index (χ0n) is 20.7. The number of amides is 2. The molecule has 3 rings (SSSR count). The second kappa shape index (κ2) is 15.1. The third-order valence-electron chi connectivity index (χ3n) is 6.16. The van der Waals surface area contributed by atoms with E-state index in [1.165, 1.54) is 0 Å². The maximum Gasteiger partial charge on any atom is 0.331 e. The van der Waals surface area contributed by atoms with E-state index >= 15 is 0 Å². The van der Waals surface area contributed by atoms with Gasteiger partial charge in [0.25, 0.3) is 6.47 Å². The average molecular weight is 544 g/mol. The number of carboxylic acid groups (broad SMARTS) is 1. The molecule has 1 aromatic rings. The van der Waals surface area contributed by atoms with Crippen LogP contribution in [0.25, 0.3) is 0 Å². The van der Waals surface area contributed by atoms with Crippen LogP contribution in [0.5, 0.6) is 0 Å². The molecule has 0 saturated carbocycles. The second-order valence-corrected chi connectivity index (χ2v) is 9.50. The molecule has 0 spiro atoms. The first-order valence-electron chi connectivity index (χ1n) is 11.9. The van der Waals surface area contributed by atoms with Crippen molar-refractivity contribution in [1.29, 1.82) is 0 Å². The van der Waals surface area contributed by atoms with Gasteiger partial charge >= 0.3 is 5.97 Å². The molecule has 3 N–H and O–H groups in total. The topological polar surface area (TPSA) is 130 Å². The molecule has 0 radical (unpaired) electrons. The van der Waals surface area contributed by atoms with Crippen molar-refractivity contribution in [3.05, 3.63) is 47.5 Å². The molecular formula is C26H36F3N3O6. The SMILES string of the molecule is C.CC(C)CC(=O)N1C[C@@H]2CCN(C(=O)C[C@H](N)Cc3cc(F)c(F)cc3F)[C@@H]2C1.O=CO/C=C/C(=O)O. The summed E-state index contributed by atoms with van der Waals surface area (Å²) in [6.45, 7) is 5.97. The lowest BCUT2D eigenvalue weighted by atomic mass is 10.0. The average Bonchev–Trinajstić information content (AvgIpc) is 3.38. The summed E-state index contributed by atoms with van der Waals surface area (Å²) >= 11 is 0. The molecule has 2 aliphatic rings. The summed E-state index contributed by atoms with van der Waals surface area (Å²) in [4.78, 5) is 47.6. The predicted molar refractivity (Wildman–Crippen MR) is 133 cm³/mol. The number of ether oxygens (including phenoxy) is 1. The quantitative estimate of drug-likeness (QED) is 0.212. The van der Waals surface area contributed by atoms with Gasteiger partial charge in [-0.2, -0.15) is 0 Å². The first kappa shape index (κ1) is 32.6. The number of likely N-dealkylation sites (tertiary alicyclic amines) is 2. The molecular weight excluding hydrogens is 507 g/mol. The first-order chi connectivity index (χ1) is 17.4. The van der Waals surface area contributed by atoms with Gasteiger partial charge in [0, 0.05) is 50.5 Å². The van der Waals surface area contributed by atoms with Crippen molar-refractivity contribution in [2.45, 2.75) is 59.0 Å². The number of hydrogen-bond donors (Lipinski definition) is 2. The molecule has 38 heavy (non-hydrogen) atoms. The van der Waals surface area contributed by atoms with E-state index in [1.54, 1.807) is 4.90 Å². The molecule has 212 valence electrons.